The summed E-state index contributed by atoms with van der Waals surface area (Å²) >= 11 is 0. The van der Waals surface area contributed by atoms with Gasteiger partial charge in [-0.25, -0.2) is 4.98 Å². The fourth-order valence-electron chi connectivity index (χ4n) is 2.09. The molecule has 0 saturated heterocycles. The van der Waals surface area contributed by atoms with Gasteiger partial charge in [0.05, 0.1) is 0 Å². The molecular formula is C19H23N3O2. The Morgan fingerprint density at radius 2 is 1.62 bits per heavy atom. The van der Waals surface area contributed by atoms with Gasteiger partial charge in [-0.2, -0.15) is 0 Å². The summed E-state index contributed by atoms with van der Waals surface area (Å²) < 4.78 is 0. The molecule has 5 heteroatoms. The van der Waals surface area contributed by atoms with Crippen molar-refractivity contribution in [2.75, 3.05) is 11.9 Å². The first-order valence-electron chi connectivity index (χ1n) is 8.15. The Hall–Kier alpha value is -2.69. The molecule has 0 atom stereocenters. The Morgan fingerprint density at radius 3 is 2.21 bits per heavy atom. The predicted molar refractivity (Wildman–Crippen MR) is 95.2 cm³/mol. The van der Waals surface area contributed by atoms with E-state index in [0.29, 0.717) is 18.2 Å². The lowest BCUT2D eigenvalue weighted by Crippen LogP contribution is -2.28. The van der Waals surface area contributed by atoms with Crippen molar-refractivity contribution in [3.05, 3.63) is 59.4 Å². The van der Waals surface area contributed by atoms with Crippen molar-refractivity contribution < 1.29 is 9.59 Å². The number of carbonyl (C=O) groups excluding carboxylic acids is 2. The van der Waals surface area contributed by atoms with Crippen LogP contribution in [0.15, 0.2) is 42.5 Å². The number of benzene rings is 1. The van der Waals surface area contributed by atoms with Gasteiger partial charge in [0, 0.05) is 12.2 Å². The molecule has 126 valence electrons. The number of hydrogen-bond acceptors (Lipinski definition) is 3. The average molecular weight is 325 g/mol. The van der Waals surface area contributed by atoms with E-state index in [2.05, 4.69) is 22.5 Å². The van der Waals surface area contributed by atoms with Gasteiger partial charge in [-0.15, -0.1) is 0 Å². The van der Waals surface area contributed by atoms with Crippen molar-refractivity contribution in [2.45, 2.75) is 27.2 Å². The predicted octanol–water partition coefficient (Wildman–Crippen LogP) is 3.28. The molecule has 2 rings (SSSR count). The fraction of sp³-hybridized carbons (Fsp3) is 0.316. The summed E-state index contributed by atoms with van der Waals surface area (Å²) in [5.74, 6) is -0.255. The van der Waals surface area contributed by atoms with Crippen LogP contribution in [0.2, 0.25) is 0 Å². The third kappa shape index (κ3) is 4.91. The highest BCUT2D eigenvalue weighted by Gasteiger charge is 2.12. The van der Waals surface area contributed by atoms with Gasteiger partial charge in [-0.1, -0.05) is 39.0 Å². The van der Waals surface area contributed by atoms with Crippen molar-refractivity contribution >= 4 is 17.5 Å². The summed E-state index contributed by atoms with van der Waals surface area (Å²) in [6, 6.07) is 12.5. The van der Waals surface area contributed by atoms with Gasteiger partial charge in [-0.3, -0.25) is 9.59 Å². The second kappa shape index (κ2) is 8.24. The number of aromatic nitrogens is 1. The molecular weight excluding hydrogens is 302 g/mol. The van der Waals surface area contributed by atoms with Gasteiger partial charge < -0.3 is 10.6 Å². The number of amides is 2. The highest BCUT2D eigenvalue weighted by atomic mass is 16.2. The lowest BCUT2D eigenvalue weighted by molar-refractivity contribution is 0.0944. The van der Waals surface area contributed by atoms with Crippen LogP contribution in [-0.2, 0) is 6.42 Å². The molecule has 0 fully saturated rings. The minimum absolute atomic E-state index is 0.215. The second-order valence-electron chi connectivity index (χ2n) is 6.02. The van der Waals surface area contributed by atoms with Crippen molar-refractivity contribution in [2.24, 2.45) is 5.92 Å². The molecule has 0 aliphatic rings. The molecule has 1 aromatic carbocycles. The number of aryl methyl sites for hydroxylation is 1. The number of nitrogens with one attached hydrogen (secondary N) is 2. The molecule has 2 aromatic rings. The van der Waals surface area contributed by atoms with E-state index in [1.807, 2.05) is 38.1 Å². The molecule has 0 aliphatic heterocycles. The minimum atomic E-state index is -0.335. The van der Waals surface area contributed by atoms with Gasteiger partial charge in [0.15, 0.2) is 0 Å². The maximum Gasteiger partial charge on any atom is 0.274 e. The first kappa shape index (κ1) is 17.7. The summed E-state index contributed by atoms with van der Waals surface area (Å²) in [6.07, 6.45) is 0.948. The number of anilines is 1. The second-order valence-corrected chi connectivity index (χ2v) is 6.02. The highest BCUT2D eigenvalue weighted by molar-refractivity contribution is 6.03. The molecule has 2 amide bonds. The van der Waals surface area contributed by atoms with Crippen LogP contribution in [0.5, 0.6) is 0 Å². The van der Waals surface area contributed by atoms with Crippen molar-refractivity contribution in [3.8, 4) is 0 Å². The van der Waals surface area contributed by atoms with Crippen LogP contribution in [0, 0.1) is 5.92 Å². The Kier molecular flexibility index (Phi) is 6.07. The number of pyridine rings is 1. The van der Waals surface area contributed by atoms with Gasteiger partial charge in [0.25, 0.3) is 11.8 Å². The molecule has 0 saturated carbocycles. The molecule has 1 aromatic heterocycles. The summed E-state index contributed by atoms with van der Waals surface area (Å²) in [7, 11) is 0. The Morgan fingerprint density at radius 1 is 1.00 bits per heavy atom. The standard InChI is InChI=1S/C19H23N3O2/c1-4-14-8-10-15(11-9-14)21-19(24)17-7-5-6-16(22-17)18(23)20-12-13(2)3/h5-11,13H,4,12H2,1-3H3,(H,20,23)(H,21,24). The summed E-state index contributed by atoms with van der Waals surface area (Å²) in [5, 5.41) is 5.59. The smallest absolute Gasteiger partial charge is 0.274 e. The molecule has 0 bridgehead atoms. The molecule has 5 nitrogen and oxygen atoms in total. The van der Waals surface area contributed by atoms with Crippen LogP contribution in [0.4, 0.5) is 5.69 Å². The zero-order valence-electron chi connectivity index (χ0n) is 14.3. The molecule has 0 radical (unpaired) electrons. The monoisotopic (exact) mass is 325 g/mol. The first-order valence-corrected chi connectivity index (χ1v) is 8.15. The van der Waals surface area contributed by atoms with E-state index in [9.17, 15) is 9.59 Å². The van der Waals surface area contributed by atoms with E-state index in [1.54, 1.807) is 18.2 Å². The Bertz CT molecular complexity index is 709. The molecule has 0 unspecified atom stereocenters. The summed E-state index contributed by atoms with van der Waals surface area (Å²) in [6.45, 7) is 6.68. The van der Waals surface area contributed by atoms with E-state index < -0.39 is 0 Å². The average Bonchev–Trinajstić information content (AvgIpc) is 2.60. The normalized spacial score (nSPS) is 10.5. The third-order valence-corrected chi connectivity index (χ3v) is 3.51. The van der Waals surface area contributed by atoms with E-state index in [-0.39, 0.29) is 23.2 Å². The van der Waals surface area contributed by atoms with Crippen molar-refractivity contribution in [1.29, 1.82) is 0 Å². The van der Waals surface area contributed by atoms with E-state index in [4.69, 9.17) is 0 Å². The number of nitrogens with zero attached hydrogens (tertiary/aromatic N) is 1. The van der Waals surface area contributed by atoms with Gasteiger partial charge in [0.1, 0.15) is 11.4 Å². The minimum Gasteiger partial charge on any atom is -0.350 e. The van der Waals surface area contributed by atoms with Crippen LogP contribution < -0.4 is 10.6 Å². The van der Waals surface area contributed by atoms with Crippen molar-refractivity contribution in [1.82, 2.24) is 10.3 Å². The molecule has 0 spiro atoms. The number of rotatable bonds is 6. The van der Waals surface area contributed by atoms with Crippen molar-refractivity contribution in [3.63, 3.8) is 0 Å². The van der Waals surface area contributed by atoms with Gasteiger partial charge in [-0.05, 0) is 42.2 Å². The van der Waals surface area contributed by atoms with Crippen LogP contribution in [0.25, 0.3) is 0 Å². The zero-order valence-corrected chi connectivity index (χ0v) is 14.3. The lowest BCUT2D eigenvalue weighted by atomic mass is 10.1. The van der Waals surface area contributed by atoms with E-state index in [0.717, 1.165) is 6.42 Å². The Balaban J connectivity index is 2.06. The highest BCUT2D eigenvalue weighted by Crippen LogP contribution is 2.11. The lowest BCUT2D eigenvalue weighted by Gasteiger charge is -2.09. The fourth-order valence-corrected chi connectivity index (χ4v) is 2.09. The zero-order chi connectivity index (χ0) is 17.5. The van der Waals surface area contributed by atoms with Crippen LogP contribution >= 0.6 is 0 Å². The quantitative estimate of drug-likeness (QED) is 0.856. The topological polar surface area (TPSA) is 71.1 Å². The Labute approximate surface area is 142 Å². The molecule has 0 aliphatic carbocycles. The van der Waals surface area contributed by atoms with E-state index in [1.165, 1.54) is 5.56 Å². The van der Waals surface area contributed by atoms with Crippen LogP contribution in [0.1, 0.15) is 47.3 Å². The summed E-state index contributed by atoms with van der Waals surface area (Å²) in [5.41, 5.74) is 2.36. The molecule has 24 heavy (non-hydrogen) atoms. The first-order chi connectivity index (χ1) is 11.5. The maximum absolute atomic E-state index is 12.3. The van der Waals surface area contributed by atoms with Crippen LogP contribution in [0.3, 0.4) is 0 Å². The molecule has 1 heterocycles. The largest absolute Gasteiger partial charge is 0.350 e. The van der Waals surface area contributed by atoms with Gasteiger partial charge in [0.2, 0.25) is 0 Å². The summed E-state index contributed by atoms with van der Waals surface area (Å²) in [4.78, 5) is 28.5. The molecule has 2 N–H and O–H groups in total. The maximum atomic E-state index is 12.3. The van der Waals surface area contributed by atoms with E-state index >= 15 is 0 Å². The number of carbonyl (C=O) groups is 2. The third-order valence-electron chi connectivity index (χ3n) is 3.51. The SMILES string of the molecule is CCc1ccc(NC(=O)c2cccc(C(=O)NCC(C)C)n2)cc1. The van der Waals surface area contributed by atoms with Crippen LogP contribution in [-0.4, -0.2) is 23.3 Å². The number of hydrogen-bond donors (Lipinski definition) is 2. The van der Waals surface area contributed by atoms with Gasteiger partial charge >= 0.3 is 0 Å².